The molecule has 7 nitrogen and oxygen atoms in total. The number of para-hydroxylation sites is 1. The Morgan fingerprint density at radius 2 is 1.53 bits per heavy atom. The minimum Gasteiger partial charge on any atom is -0.492 e. The Morgan fingerprint density at radius 3 is 2.19 bits per heavy atom. The maximum atomic E-state index is 12.6. The number of carbonyl (C=O) groups is 2. The summed E-state index contributed by atoms with van der Waals surface area (Å²) in [5, 5.41) is 9.45. The van der Waals surface area contributed by atoms with E-state index in [2.05, 4.69) is 0 Å². The molecule has 3 aromatic carbocycles. The molecule has 3 aromatic rings. The normalized spacial score (nSPS) is 13.8. The SMILES string of the molecule is O=C(O)Cc1ccc(OC2CCN(C(=O)Oc3ccc(CCOc4ccccc4Cl)cc3)CC2)cc1. The lowest BCUT2D eigenvalue weighted by atomic mass is 10.1. The number of piperidine rings is 1. The molecule has 188 valence electrons. The van der Waals surface area contributed by atoms with Gasteiger partial charge >= 0.3 is 12.1 Å². The molecule has 0 spiro atoms. The Balaban J connectivity index is 1.18. The number of carbonyl (C=O) groups excluding carboxylic acids is 1. The van der Waals surface area contributed by atoms with Gasteiger partial charge in [0.2, 0.25) is 0 Å². The van der Waals surface area contributed by atoms with Crippen molar-refractivity contribution in [3.05, 3.63) is 88.9 Å². The average molecular weight is 510 g/mol. The summed E-state index contributed by atoms with van der Waals surface area (Å²) in [4.78, 5) is 25.1. The molecule has 1 heterocycles. The molecule has 4 rings (SSSR count). The number of likely N-dealkylation sites (tertiary alicyclic amines) is 1. The number of carboxylic acid groups (broad SMARTS) is 1. The zero-order valence-electron chi connectivity index (χ0n) is 19.8. The fraction of sp³-hybridized carbons (Fsp3) is 0.286. The van der Waals surface area contributed by atoms with Crippen molar-refractivity contribution < 1.29 is 28.9 Å². The summed E-state index contributed by atoms with van der Waals surface area (Å²) in [6.07, 6.45) is 1.69. The molecule has 0 bridgehead atoms. The van der Waals surface area contributed by atoms with Crippen molar-refractivity contribution >= 4 is 23.7 Å². The van der Waals surface area contributed by atoms with Crippen LogP contribution in [0.4, 0.5) is 4.79 Å². The number of rotatable bonds is 9. The molecule has 0 radical (unpaired) electrons. The van der Waals surface area contributed by atoms with Gasteiger partial charge in [0.1, 0.15) is 23.4 Å². The number of aliphatic carboxylic acids is 1. The Labute approximate surface area is 215 Å². The molecule has 1 saturated heterocycles. The van der Waals surface area contributed by atoms with Crippen LogP contribution in [0, 0.1) is 0 Å². The van der Waals surface area contributed by atoms with E-state index in [-0.39, 0.29) is 18.6 Å². The zero-order chi connectivity index (χ0) is 25.3. The first-order valence-electron chi connectivity index (χ1n) is 11.9. The van der Waals surface area contributed by atoms with Gasteiger partial charge in [0.25, 0.3) is 0 Å². The first-order valence-corrected chi connectivity index (χ1v) is 12.2. The molecular formula is C28H28ClNO6. The maximum absolute atomic E-state index is 12.6. The van der Waals surface area contributed by atoms with Gasteiger partial charge in [-0.15, -0.1) is 0 Å². The van der Waals surface area contributed by atoms with E-state index in [4.69, 9.17) is 30.9 Å². The Kier molecular flexibility index (Phi) is 8.68. The standard InChI is InChI=1S/C28H28ClNO6/c29-25-3-1-2-4-26(25)34-18-15-20-5-9-23(10-6-20)36-28(33)30-16-13-24(14-17-30)35-22-11-7-21(8-12-22)19-27(31)32/h1-12,24H,13-19H2,(H,31,32). The predicted molar refractivity (Wildman–Crippen MR) is 136 cm³/mol. The fourth-order valence-corrected chi connectivity index (χ4v) is 4.13. The minimum absolute atomic E-state index is 0.00774. The smallest absolute Gasteiger partial charge is 0.415 e. The van der Waals surface area contributed by atoms with Crippen molar-refractivity contribution in [1.29, 1.82) is 0 Å². The topological polar surface area (TPSA) is 85.3 Å². The van der Waals surface area contributed by atoms with Gasteiger partial charge in [0, 0.05) is 32.4 Å². The Hall–Kier alpha value is -3.71. The third-order valence-electron chi connectivity index (χ3n) is 5.90. The van der Waals surface area contributed by atoms with E-state index in [0.29, 0.717) is 61.2 Å². The summed E-state index contributed by atoms with van der Waals surface area (Å²) in [5.41, 5.74) is 1.79. The second kappa shape index (κ2) is 12.3. The van der Waals surface area contributed by atoms with Gasteiger partial charge in [-0.25, -0.2) is 4.79 Å². The molecule has 1 fully saturated rings. The zero-order valence-corrected chi connectivity index (χ0v) is 20.5. The van der Waals surface area contributed by atoms with Crippen LogP contribution in [0.1, 0.15) is 24.0 Å². The van der Waals surface area contributed by atoms with Crippen LogP contribution in [0.2, 0.25) is 5.02 Å². The molecule has 1 aliphatic rings. The number of ether oxygens (including phenoxy) is 3. The lowest BCUT2D eigenvalue weighted by Crippen LogP contribution is -2.43. The van der Waals surface area contributed by atoms with E-state index < -0.39 is 5.97 Å². The average Bonchev–Trinajstić information content (AvgIpc) is 2.87. The summed E-state index contributed by atoms with van der Waals surface area (Å²) >= 11 is 6.10. The summed E-state index contributed by atoms with van der Waals surface area (Å²) in [5.74, 6) is 0.990. The molecule has 0 aliphatic carbocycles. The molecule has 0 atom stereocenters. The van der Waals surface area contributed by atoms with Gasteiger partial charge in [-0.2, -0.15) is 0 Å². The van der Waals surface area contributed by atoms with Crippen LogP contribution >= 0.6 is 11.6 Å². The second-order valence-electron chi connectivity index (χ2n) is 8.56. The lowest BCUT2D eigenvalue weighted by Gasteiger charge is -2.31. The molecular weight excluding hydrogens is 482 g/mol. The van der Waals surface area contributed by atoms with E-state index in [1.807, 2.05) is 30.3 Å². The van der Waals surface area contributed by atoms with E-state index in [1.54, 1.807) is 47.4 Å². The quantitative estimate of drug-likeness (QED) is 0.402. The highest BCUT2D eigenvalue weighted by molar-refractivity contribution is 6.32. The van der Waals surface area contributed by atoms with Crippen molar-refractivity contribution in [2.75, 3.05) is 19.7 Å². The first-order chi connectivity index (χ1) is 17.5. The van der Waals surface area contributed by atoms with Gasteiger partial charge < -0.3 is 24.2 Å². The van der Waals surface area contributed by atoms with Crippen LogP contribution in [0.15, 0.2) is 72.8 Å². The van der Waals surface area contributed by atoms with Crippen LogP contribution in [0.5, 0.6) is 17.2 Å². The number of amides is 1. The van der Waals surface area contributed by atoms with Gasteiger partial charge in [-0.1, -0.05) is 48.0 Å². The minimum atomic E-state index is -0.863. The Bertz CT molecular complexity index is 1160. The number of nitrogens with zero attached hydrogens (tertiary/aromatic N) is 1. The summed E-state index contributed by atoms with van der Waals surface area (Å²) < 4.78 is 17.3. The molecule has 36 heavy (non-hydrogen) atoms. The molecule has 0 unspecified atom stereocenters. The van der Waals surface area contributed by atoms with Crippen molar-refractivity contribution in [2.24, 2.45) is 0 Å². The maximum Gasteiger partial charge on any atom is 0.415 e. The summed E-state index contributed by atoms with van der Waals surface area (Å²) in [6, 6.07) is 21.8. The lowest BCUT2D eigenvalue weighted by molar-refractivity contribution is -0.136. The molecule has 1 N–H and O–H groups in total. The second-order valence-corrected chi connectivity index (χ2v) is 8.97. The van der Waals surface area contributed by atoms with Gasteiger partial charge in [-0.05, 0) is 47.5 Å². The third-order valence-corrected chi connectivity index (χ3v) is 6.21. The van der Waals surface area contributed by atoms with Crippen LogP contribution in [-0.2, 0) is 17.6 Å². The van der Waals surface area contributed by atoms with Crippen molar-refractivity contribution in [3.63, 3.8) is 0 Å². The highest BCUT2D eigenvalue weighted by Gasteiger charge is 2.25. The van der Waals surface area contributed by atoms with Gasteiger partial charge in [0.05, 0.1) is 18.1 Å². The van der Waals surface area contributed by atoms with E-state index in [1.165, 1.54) is 0 Å². The molecule has 8 heteroatoms. The van der Waals surface area contributed by atoms with Crippen LogP contribution in [0.3, 0.4) is 0 Å². The number of hydrogen-bond acceptors (Lipinski definition) is 5. The summed E-state index contributed by atoms with van der Waals surface area (Å²) in [6.45, 7) is 1.57. The van der Waals surface area contributed by atoms with Crippen molar-refractivity contribution in [1.82, 2.24) is 4.90 Å². The van der Waals surface area contributed by atoms with E-state index in [9.17, 15) is 9.59 Å². The highest BCUT2D eigenvalue weighted by atomic mass is 35.5. The van der Waals surface area contributed by atoms with Gasteiger partial charge in [-0.3, -0.25) is 4.79 Å². The highest BCUT2D eigenvalue weighted by Crippen LogP contribution is 2.24. The van der Waals surface area contributed by atoms with Crippen LogP contribution in [0.25, 0.3) is 0 Å². The molecule has 0 saturated carbocycles. The first kappa shape index (κ1) is 25.4. The number of hydrogen-bond donors (Lipinski definition) is 1. The van der Waals surface area contributed by atoms with Gasteiger partial charge in [0.15, 0.2) is 0 Å². The summed E-state index contributed by atoms with van der Waals surface area (Å²) in [7, 11) is 0. The van der Waals surface area contributed by atoms with Crippen molar-refractivity contribution in [3.8, 4) is 17.2 Å². The molecule has 1 amide bonds. The van der Waals surface area contributed by atoms with Crippen LogP contribution in [-0.4, -0.2) is 47.9 Å². The fourth-order valence-electron chi connectivity index (χ4n) is 3.94. The number of benzene rings is 3. The van der Waals surface area contributed by atoms with Crippen molar-refractivity contribution in [2.45, 2.75) is 31.8 Å². The number of carboxylic acids is 1. The number of halogens is 1. The third kappa shape index (κ3) is 7.39. The largest absolute Gasteiger partial charge is 0.492 e. The monoisotopic (exact) mass is 509 g/mol. The molecule has 0 aromatic heterocycles. The van der Waals surface area contributed by atoms with E-state index >= 15 is 0 Å². The Morgan fingerprint density at radius 1 is 0.889 bits per heavy atom. The predicted octanol–water partition coefficient (Wildman–Crippen LogP) is 5.63. The van der Waals surface area contributed by atoms with E-state index in [0.717, 1.165) is 11.1 Å². The van der Waals surface area contributed by atoms with Crippen LogP contribution < -0.4 is 14.2 Å². The molecule has 1 aliphatic heterocycles.